The number of aromatic amines is 1. The summed E-state index contributed by atoms with van der Waals surface area (Å²) < 4.78 is 31.8. The Morgan fingerprint density at radius 1 is 0.412 bits per heavy atom. The number of imidazole rings is 1. The third-order valence-corrected chi connectivity index (χ3v) is 17.7. The molecule has 0 saturated heterocycles. The van der Waals surface area contributed by atoms with Crippen LogP contribution in [0.1, 0.15) is 111 Å². The average molecular weight is 1120 g/mol. The molecule has 4 heterocycles. The molecule has 0 amide bonds. The Balaban J connectivity index is 1.17. The Hall–Kier alpha value is -9.47. The fourth-order valence-corrected chi connectivity index (χ4v) is 13.1. The van der Waals surface area contributed by atoms with Crippen molar-refractivity contribution >= 4 is 87.7 Å². The van der Waals surface area contributed by atoms with E-state index in [1.165, 1.54) is 22.3 Å². The van der Waals surface area contributed by atoms with Crippen molar-refractivity contribution < 1.29 is 18.9 Å². The van der Waals surface area contributed by atoms with Gasteiger partial charge in [0.1, 0.15) is 57.5 Å². The quantitative estimate of drug-likeness (QED) is 0.116. The van der Waals surface area contributed by atoms with Crippen molar-refractivity contribution in [2.75, 3.05) is 10.2 Å². The normalized spacial score (nSPS) is 13.7. The van der Waals surface area contributed by atoms with E-state index >= 15 is 4.79 Å². The largest absolute Gasteiger partial charge is 0.457 e. The van der Waals surface area contributed by atoms with Crippen LogP contribution in [0, 0.1) is 0 Å². The summed E-state index contributed by atoms with van der Waals surface area (Å²) in [5.74, 6) is 5.94. The zero-order chi connectivity index (χ0) is 58.8. The summed E-state index contributed by atoms with van der Waals surface area (Å²) in [6, 6.07) is 58.7. The molecule has 0 atom stereocenters. The van der Waals surface area contributed by atoms with Crippen molar-refractivity contribution in [3.05, 3.63) is 213 Å². The van der Waals surface area contributed by atoms with E-state index in [1.807, 2.05) is 46.9 Å². The van der Waals surface area contributed by atoms with Crippen LogP contribution in [-0.2, 0) is 28.2 Å². The van der Waals surface area contributed by atoms with Gasteiger partial charge in [-0.25, -0.2) is 0 Å². The van der Waals surface area contributed by atoms with Crippen LogP contribution in [0.15, 0.2) is 175 Å². The van der Waals surface area contributed by atoms with Gasteiger partial charge in [0.25, 0.3) is 5.56 Å². The number of nitrogens with zero attached hydrogens (tertiary/aromatic N) is 2. The minimum absolute atomic E-state index is 0.0767. The lowest BCUT2D eigenvalue weighted by Gasteiger charge is -2.30. The van der Waals surface area contributed by atoms with Crippen LogP contribution >= 0.6 is 0 Å². The number of anilines is 2. The smallest absolute Gasteiger partial charge is 0.264 e. The molecule has 13 aromatic rings. The lowest BCUT2D eigenvalue weighted by atomic mass is 9.83. The topological polar surface area (TPSA) is 89.5 Å². The van der Waals surface area contributed by atoms with Crippen molar-refractivity contribution in [2.24, 2.45) is 0 Å². The zero-order valence-corrected chi connectivity index (χ0v) is 50.3. The second-order valence-electron chi connectivity index (χ2n) is 27.5. The van der Waals surface area contributed by atoms with E-state index in [-0.39, 0.29) is 27.2 Å². The molecule has 15 rings (SSSR count). The highest BCUT2D eigenvalue weighted by atomic mass is 16.5. The lowest BCUT2D eigenvalue weighted by Crippen LogP contribution is -2.31. The number of H-pyrrole nitrogens is 1. The van der Waals surface area contributed by atoms with E-state index in [2.05, 4.69) is 226 Å². The number of hydrogen-bond acceptors (Lipinski definition) is 7. The molecule has 0 spiro atoms. The maximum atomic E-state index is 15.9. The Kier molecular flexibility index (Phi) is 11.2. The number of hydrogen-bond donors (Lipinski definition) is 2. The Labute approximate surface area is 494 Å². The van der Waals surface area contributed by atoms with Crippen LogP contribution < -0.4 is 39.9 Å². The molecule has 9 heteroatoms. The van der Waals surface area contributed by atoms with Gasteiger partial charge in [-0.05, 0) is 152 Å². The van der Waals surface area contributed by atoms with Crippen molar-refractivity contribution in [1.82, 2.24) is 9.38 Å². The highest BCUT2D eigenvalue weighted by Gasteiger charge is 2.36. The van der Waals surface area contributed by atoms with Gasteiger partial charge in [-0.3, -0.25) is 9.20 Å². The second-order valence-corrected chi connectivity index (χ2v) is 27.5. The van der Waals surface area contributed by atoms with E-state index in [9.17, 15) is 0 Å². The standard InChI is InChI=1S/C76H68N4O5/c1-73(2,3)43-21-29-47(30-22-43)82-58-37-42-41-79-56-19-15-13-17-54(56)77-70(79)51-38-59(83-48-31-23-44(24-32-48)74(4,5)6)65-66-60(84-49-33-25-45(26-34-49)75(7,8)9)39-52-63-53(72(81)80-57-20-16-14-18-55(57)78-71(52)80)40-61(67(69(63)66)64(58)68(65)62(42)51)85-50-35-27-46(28-36-50)76(10,11)12/h13-40,77-78H,41H2,1-12H3. The van der Waals surface area contributed by atoms with E-state index in [0.717, 1.165) is 87.5 Å². The predicted octanol–water partition coefficient (Wildman–Crippen LogP) is 19.6. The first-order valence-electron chi connectivity index (χ1n) is 29.6. The maximum Gasteiger partial charge on any atom is 0.264 e. The first-order valence-corrected chi connectivity index (χ1v) is 29.6. The van der Waals surface area contributed by atoms with Gasteiger partial charge in [0.15, 0.2) is 0 Å². The zero-order valence-electron chi connectivity index (χ0n) is 50.3. The number of rotatable bonds is 8. The molecule has 2 aromatic heterocycles. The third kappa shape index (κ3) is 8.36. The van der Waals surface area contributed by atoms with Crippen molar-refractivity contribution in [1.29, 1.82) is 0 Å². The van der Waals surface area contributed by atoms with E-state index in [1.54, 1.807) is 0 Å². The third-order valence-electron chi connectivity index (χ3n) is 17.7. The molecule has 422 valence electrons. The molecule has 0 saturated carbocycles. The summed E-state index contributed by atoms with van der Waals surface area (Å²) in [5.41, 5.74) is 9.67. The van der Waals surface area contributed by atoms with E-state index < -0.39 is 0 Å². The van der Waals surface area contributed by atoms with Crippen LogP contribution in [-0.4, -0.2) is 9.38 Å². The second kappa shape index (κ2) is 18.3. The molecule has 2 N–H and O–H groups in total. The minimum atomic E-state index is -0.179. The number of ether oxygens (including phenoxy) is 4. The SMILES string of the molecule is CC(C)(C)c1ccc(Oc2cc3c4c(cc(Oc5ccc(C(C)(C)C)cc5)c5c6c(Oc7ccc(C(C)(C)C)cc7)cc7c8c(cc(Oc9ccc(C(C)(C)C)cc9)c(c2c45)c68)c(=O)n2c4ccccc4[nH]c72)=C2Nc4ccccc4N2C3)cc1. The Morgan fingerprint density at radius 2 is 0.824 bits per heavy atom. The molecule has 0 radical (unpaired) electrons. The molecule has 85 heavy (non-hydrogen) atoms. The summed E-state index contributed by atoms with van der Waals surface area (Å²) in [6.07, 6.45) is 0. The van der Waals surface area contributed by atoms with Gasteiger partial charge < -0.3 is 34.1 Å². The fourth-order valence-electron chi connectivity index (χ4n) is 13.1. The average Bonchev–Trinajstić information content (AvgIpc) is 1.88. The highest BCUT2D eigenvalue weighted by molar-refractivity contribution is 6.42. The number of aromatic nitrogens is 2. The number of nitrogens with one attached hydrogen (secondary N) is 2. The van der Waals surface area contributed by atoms with E-state index in [4.69, 9.17) is 18.9 Å². The molecule has 0 unspecified atom stereocenters. The van der Waals surface area contributed by atoms with Crippen LogP contribution in [0.2, 0.25) is 0 Å². The van der Waals surface area contributed by atoms with Gasteiger partial charge in [-0.1, -0.05) is 156 Å². The molecule has 9 nitrogen and oxygen atoms in total. The van der Waals surface area contributed by atoms with Crippen LogP contribution in [0.25, 0.3) is 76.4 Å². The minimum Gasteiger partial charge on any atom is -0.457 e. The summed E-state index contributed by atoms with van der Waals surface area (Å²) in [7, 11) is 0. The number of fused-ring (bicyclic) bond motifs is 9. The van der Waals surface area contributed by atoms with Gasteiger partial charge in [0, 0.05) is 48.3 Å². The maximum absolute atomic E-state index is 15.9. The van der Waals surface area contributed by atoms with Gasteiger partial charge in [0.2, 0.25) is 0 Å². The number of para-hydroxylation sites is 4. The highest BCUT2D eigenvalue weighted by Crippen LogP contribution is 2.57. The Bertz CT molecular complexity index is 5010. The van der Waals surface area contributed by atoms with Gasteiger partial charge in [-0.15, -0.1) is 0 Å². The first-order chi connectivity index (χ1) is 40.5. The molecule has 2 aliphatic rings. The van der Waals surface area contributed by atoms with Crippen LogP contribution in [0.4, 0.5) is 11.4 Å². The van der Waals surface area contributed by atoms with Crippen LogP contribution in [0.5, 0.6) is 46.0 Å². The molecule has 0 aliphatic carbocycles. The molecule has 0 fully saturated rings. The van der Waals surface area contributed by atoms with Gasteiger partial charge >= 0.3 is 0 Å². The molecular weight excluding hydrogens is 1050 g/mol. The van der Waals surface area contributed by atoms with Crippen LogP contribution in [0.3, 0.4) is 0 Å². The molecular formula is C76H68N4O5. The molecule has 0 bridgehead atoms. The summed E-state index contributed by atoms with van der Waals surface area (Å²) >= 11 is 0. The van der Waals surface area contributed by atoms with E-state index in [0.29, 0.717) is 63.6 Å². The lowest BCUT2D eigenvalue weighted by molar-refractivity contribution is 0.481. The monoisotopic (exact) mass is 1120 g/mol. The summed E-state index contributed by atoms with van der Waals surface area (Å²) in [4.78, 5) is 22.0. The summed E-state index contributed by atoms with van der Waals surface area (Å²) in [5, 5.41) is 12.8. The van der Waals surface area contributed by atoms with Crippen molar-refractivity contribution in [3.63, 3.8) is 0 Å². The Morgan fingerprint density at radius 3 is 1.31 bits per heavy atom. The fraction of sp³-hybridized carbons (Fsp3) is 0.224. The number of pyridine rings is 1. The van der Waals surface area contributed by atoms with Gasteiger partial charge in [0.05, 0.1) is 34.3 Å². The molecule has 11 aromatic carbocycles. The molecule has 2 aliphatic heterocycles. The number of benzene rings is 11. The summed E-state index contributed by atoms with van der Waals surface area (Å²) in [6.45, 7) is 27.2. The van der Waals surface area contributed by atoms with Crippen molar-refractivity contribution in [3.8, 4) is 46.0 Å². The predicted molar refractivity (Wildman–Crippen MR) is 350 cm³/mol. The van der Waals surface area contributed by atoms with Crippen molar-refractivity contribution in [2.45, 2.75) is 111 Å². The first kappa shape index (κ1) is 52.3. The van der Waals surface area contributed by atoms with Gasteiger partial charge in [-0.2, -0.15) is 0 Å².